The Morgan fingerprint density at radius 3 is 2.66 bits per heavy atom. The highest BCUT2D eigenvalue weighted by atomic mass is 35.5. The molecule has 7 heteroatoms. The van der Waals surface area contributed by atoms with E-state index < -0.39 is 5.97 Å². The fourth-order valence-electron chi connectivity index (χ4n) is 3.01. The van der Waals surface area contributed by atoms with Gasteiger partial charge in [-0.1, -0.05) is 28.9 Å². The van der Waals surface area contributed by atoms with Gasteiger partial charge in [-0.05, 0) is 49.2 Å². The van der Waals surface area contributed by atoms with E-state index in [0.29, 0.717) is 34.4 Å². The van der Waals surface area contributed by atoms with E-state index in [1.165, 1.54) is 0 Å². The number of esters is 1. The number of halogens is 1. The van der Waals surface area contributed by atoms with Gasteiger partial charge in [0, 0.05) is 23.3 Å². The van der Waals surface area contributed by atoms with Crippen LogP contribution in [0.5, 0.6) is 5.75 Å². The fraction of sp³-hybridized carbons (Fsp3) is 0.273. The Morgan fingerprint density at radius 2 is 1.93 bits per heavy atom. The minimum Gasteiger partial charge on any atom is -0.491 e. The topological polar surface area (TPSA) is 70.8 Å². The third-order valence-electron chi connectivity index (χ3n) is 4.59. The number of nitrogens with zero attached hydrogens (tertiary/aromatic N) is 1. The maximum Gasteiger partial charge on any atom is 0.338 e. The molecule has 2 heterocycles. The van der Waals surface area contributed by atoms with Gasteiger partial charge in [-0.2, -0.15) is 0 Å². The molecular formula is C22H20ClNO5. The van der Waals surface area contributed by atoms with E-state index in [2.05, 4.69) is 5.16 Å². The lowest BCUT2D eigenvalue weighted by Crippen LogP contribution is -2.16. The molecule has 29 heavy (non-hydrogen) atoms. The van der Waals surface area contributed by atoms with Gasteiger partial charge in [0.2, 0.25) is 0 Å². The van der Waals surface area contributed by atoms with Crippen LogP contribution in [-0.2, 0) is 16.1 Å². The largest absolute Gasteiger partial charge is 0.491 e. The van der Waals surface area contributed by atoms with E-state index in [0.717, 1.165) is 25.0 Å². The average molecular weight is 414 g/mol. The van der Waals surface area contributed by atoms with Crippen LogP contribution in [0.3, 0.4) is 0 Å². The van der Waals surface area contributed by atoms with Gasteiger partial charge in [0.25, 0.3) is 0 Å². The Balaban J connectivity index is 1.28. The second-order valence-corrected chi connectivity index (χ2v) is 7.17. The second-order valence-electron chi connectivity index (χ2n) is 6.73. The second kappa shape index (κ2) is 9.11. The van der Waals surface area contributed by atoms with Crippen molar-refractivity contribution in [2.24, 2.45) is 0 Å². The number of ether oxygens (including phenoxy) is 3. The van der Waals surface area contributed by atoms with Gasteiger partial charge in [-0.15, -0.1) is 0 Å². The summed E-state index contributed by atoms with van der Waals surface area (Å²) < 4.78 is 21.8. The van der Waals surface area contributed by atoms with Gasteiger partial charge in [0.15, 0.2) is 12.4 Å². The first-order valence-corrected chi connectivity index (χ1v) is 9.78. The third kappa shape index (κ3) is 5.16. The van der Waals surface area contributed by atoms with Crippen LogP contribution in [0.1, 0.15) is 29.0 Å². The quantitative estimate of drug-likeness (QED) is 0.512. The van der Waals surface area contributed by atoms with Crippen LogP contribution >= 0.6 is 11.6 Å². The molecule has 1 saturated heterocycles. The van der Waals surface area contributed by atoms with E-state index in [4.69, 9.17) is 30.3 Å². The van der Waals surface area contributed by atoms with E-state index in [-0.39, 0.29) is 12.7 Å². The van der Waals surface area contributed by atoms with Gasteiger partial charge in [-0.25, -0.2) is 4.79 Å². The predicted octanol–water partition coefficient (Wildman–Crippen LogP) is 4.91. The highest BCUT2D eigenvalue weighted by Gasteiger charge is 2.16. The summed E-state index contributed by atoms with van der Waals surface area (Å²) in [7, 11) is 0. The number of rotatable bonds is 7. The van der Waals surface area contributed by atoms with Crippen LogP contribution in [0.2, 0.25) is 5.02 Å². The van der Waals surface area contributed by atoms with E-state index in [9.17, 15) is 4.79 Å². The summed E-state index contributed by atoms with van der Waals surface area (Å²) in [6.07, 6.45) is 2.25. The van der Waals surface area contributed by atoms with Crippen molar-refractivity contribution in [1.82, 2.24) is 5.16 Å². The lowest BCUT2D eigenvalue weighted by molar-refractivity contribution is 0.0437. The van der Waals surface area contributed by atoms with Crippen LogP contribution in [-0.4, -0.2) is 30.4 Å². The summed E-state index contributed by atoms with van der Waals surface area (Å²) in [6.45, 7) is 1.31. The van der Waals surface area contributed by atoms with Crippen molar-refractivity contribution < 1.29 is 23.5 Å². The zero-order valence-corrected chi connectivity index (χ0v) is 16.4. The summed E-state index contributed by atoms with van der Waals surface area (Å²) in [5.41, 5.74) is 1.96. The summed E-state index contributed by atoms with van der Waals surface area (Å²) in [5.74, 6) is 0.708. The molecule has 1 aliphatic rings. The monoisotopic (exact) mass is 413 g/mol. The zero-order valence-electron chi connectivity index (χ0n) is 15.7. The van der Waals surface area contributed by atoms with Crippen LogP contribution in [0, 0.1) is 0 Å². The highest BCUT2D eigenvalue weighted by Crippen LogP contribution is 2.22. The first kappa shape index (κ1) is 19.5. The van der Waals surface area contributed by atoms with E-state index in [1.54, 1.807) is 42.5 Å². The molecule has 0 radical (unpaired) electrons. The first-order chi connectivity index (χ1) is 14.2. The molecule has 1 aliphatic heterocycles. The highest BCUT2D eigenvalue weighted by molar-refractivity contribution is 6.30. The van der Waals surface area contributed by atoms with Gasteiger partial charge >= 0.3 is 5.97 Å². The maximum atomic E-state index is 12.3. The number of aromatic nitrogens is 1. The summed E-state index contributed by atoms with van der Waals surface area (Å²) in [4.78, 5) is 12.3. The molecule has 3 aromatic rings. The van der Waals surface area contributed by atoms with Crippen molar-refractivity contribution in [2.75, 3.05) is 13.2 Å². The van der Waals surface area contributed by atoms with Crippen LogP contribution < -0.4 is 4.74 Å². The van der Waals surface area contributed by atoms with Crippen molar-refractivity contribution in [1.29, 1.82) is 0 Å². The van der Waals surface area contributed by atoms with Crippen LogP contribution in [0.4, 0.5) is 0 Å². The Bertz CT molecular complexity index is 946. The molecule has 0 saturated carbocycles. The molecule has 150 valence electrons. The Hall–Kier alpha value is -2.83. The van der Waals surface area contributed by atoms with Crippen molar-refractivity contribution in [2.45, 2.75) is 25.6 Å². The molecule has 0 aliphatic carbocycles. The molecule has 4 rings (SSSR count). The molecule has 0 amide bonds. The molecule has 1 unspecified atom stereocenters. The van der Waals surface area contributed by atoms with Crippen molar-refractivity contribution >= 4 is 17.6 Å². The minimum absolute atomic E-state index is 0.00328. The number of benzene rings is 2. The van der Waals surface area contributed by atoms with Crippen molar-refractivity contribution in [3.8, 4) is 17.0 Å². The number of hydrogen-bond donors (Lipinski definition) is 0. The van der Waals surface area contributed by atoms with E-state index in [1.807, 2.05) is 12.1 Å². The lowest BCUT2D eigenvalue weighted by Gasteiger charge is -2.11. The number of carbonyl (C=O) groups excluding carboxylic acids is 1. The predicted molar refractivity (Wildman–Crippen MR) is 107 cm³/mol. The maximum absolute atomic E-state index is 12.3. The molecule has 2 aromatic carbocycles. The standard InChI is InChI=1S/C22H20ClNO5/c23-17-7-3-15(4-8-17)21-12-20(29-24-21)14-28-22(25)16-5-9-18(10-6-16)27-13-19-2-1-11-26-19/h3-10,12,19H,1-2,11,13-14H2. The van der Waals surface area contributed by atoms with Crippen LogP contribution in [0.25, 0.3) is 11.3 Å². The third-order valence-corrected chi connectivity index (χ3v) is 4.85. The Labute approximate surface area is 173 Å². The molecule has 0 bridgehead atoms. The lowest BCUT2D eigenvalue weighted by atomic mass is 10.1. The molecule has 0 N–H and O–H groups in total. The van der Waals surface area contributed by atoms with Crippen molar-refractivity contribution in [3.63, 3.8) is 0 Å². The van der Waals surface area contributed by atoms with Gasteiger partial charge < -0.3 is 18.7 Å². The fourth-order valence-corrected chi connectivity index (χ4v) is 3.14. The van der Waals surface area contributed by atoms with Gasteiger partial charge in [0.1, 0.15) is 18.1 Å². The first-order valence-electron chi connectivity index (χ1n) is 9.40. The molecule has 6 nitrogen and oxygen atoms in total. The van der Waals surface area contributed by atoms with Gasteiger partial charge in [-0.3, -0.25) is 0 Å². The van der Waals surface area contributed by atoms with Crippen LogP contribution in [0.15, 0.2) is 59.1 Å². The minimum atomic E-state index is -0.444. The Kier molecular flexibility index (Phi) is 6.12. The smallest absolute Gasteiger partial charge is 0.338 e. The van der Waals surface area contributed by atoms with E-state index >= 15 is 0 Å². The Morgan fingerprint density at radius 1 is 1.14 bits per heavy atom. The average Bonchev–Trinajstić information content (AvgIpc) is 3.44. The number of carbonyl (C=O) groups is 1. The molecule has 1 atom stereocenters. The summed E-state index contributed by atoms with van der Waals surface area (Å²) >= 11 is 5.89. The summed E-state index contributed by atoms with van der Waals surface area (Å²) in [5, 5.41) is 4.64. The molecule has 1 aromatic heterocycles. The normalized spacial score (nSPS) is 16.0. The zero-order chi connectivity index (χ0) is 20.1. The van der Waals surface area contributed by atoms with Crippen molar-refractivity contribution in [3.05, 3.63) is 70.9 Å². The molecular weight excluding hydrogens is 394 g/mol. The van der Waals surface area contributed by atoms with Gasteiger partial charge in [0.05, 0.1) is 11.7 Å². The molecule has 0 spiro atoms. The number of hydrogen-bond acceptors (Lipinski definition) is 6. The molecule has 1 fully saturated rings. The SMILES string of the molecule is O=C(OCc1cc(-c2ccc(Cl)cc2)no1)c1ccc(OCC2CCCO2)cc1. The summed E-state index contributed by atoms with van der Waals surface area (Å²) in [6, 6.07) is 15.8.